The lowest BCUT2D eigenvalue weighted by Gasteiger charge is -2.09. The van der Waals surface area contributed by atoms with Crippen LogP contribution < -0.4 is 10.1 Å². The summed E-state index contributed by atoms with van der Waals surface area (Å²) in [5, 5.41) is 11.5. The first-order chi connectivity index (χ1) is 11.3. The Morgan fingerprint density at radius 2 is 2.04 bits per heavy atom. The summed E-state index contributed by atoms with van der Waals surface area (Å²) in [5.74, 6) is -0.197. The molecular weight excluding hydrogens is 352 g/mol. The van der Waals surface area contributed by atoms with Crippen molar-refractivity contribution < 1.29 is 17.9 Å². The third-order valence-corrected chi connectivity index (χ3v) is 4.37. The van der Waals surface area contributed by atoms with Crippen LogP contribution in [-0.2, 0) is 14.6 Å². The zero-order valence-corrected chi connectivity index (χ0v) is 14.2. The molecule has 1 amide bonds. The molecule has 2 rings (SSSR count). The maximum atomic E-state index is 11.9. The van der Waals surface area contributed by atoms with Crippen LogP contribution in [0.25, 0.3) is 0 Å². The average Bonchev–Trinajstić information content (AvgIpc) is 2.53. The molecule has 0 aliphatic carbocycles. The van der Waals surface area contributed by atoms with Gasteiger partial charge in [0.2, 0.25) is 0 Å². The fourth-order valence-corrected chi connectivity index (χ4v) is 2.73. The first-order valence-corrected chi connectivity index (χ1v) is 8.99. The highest BCUT2D eigenvalue weighted by molar-refractivity contribution is 7.90. The van der Waals surface area contributed by atoms with E-state index in [9.17, 15) is 13.2 Å². The first-order valence-electron chi connectivity index (χ1n) is 6.72. The maximum absolute atomic E-state index is 11.9. The number of sulfone groups is 1. The van der Waals surface area contributed by atoms with Gasteiger partial charge in [0.25, 0.3) is 5.91 Å². The lowest BCUT2D eigenvalue weighted by atomic mass is 10.2. The van der Waals surface area contributed by atoms with Crippen LogP contribution >= 0.6 is 11.6 Å². The molecule has 0 spiro atoms. The van der Waals surface area contributed by atoms with E-state index in [1.807, 2.05) is 6.07 Å². The van der Waals surface area contributed by atoms with E-state index in [-0.39, 0.29) is 22.3 Å². The lowest BCUT2D eigenvalue weighted by molar-refractivity contribution is -0.118. The molecule has 0 aliphatic rings. The molecule has 0 unspecified atom stereocenters. The second-order valence-corrected chi connectivity index (χ2v) is 7.32. The number of anilines is 1. The normalized spacial score (nSPS) is 10.7. The van der Waals surface area contributed by atoms with Gasteiger partial charge in [-0.3, -0.25) is 4.79 Å². The van der Waals surface area contributed by atoms with Crippen LogP contribution in [0.4, 0.5) is 5.69 Å². The molecule has 8 heteroatoms. The van der Waals surface area contributed by atoms with Crippen molar-refractivity contribution in [3.05, 3.63) is 53.1 Å². The minimum Gasteiger partial charge on any atom is -0.482 e. The summed E-state index contributed by atoms with van der Waals surface area (Å²) in [6.07, 6.45) is 1.09. The Labute approximate surface area is 144 Å². The number of carbonyl (C=O) groups excluding carboxylic acids is 1. The van der Waals surface area contributed by atoms with Crippen LogP contribution in [0.15, 0.2) is 47.4 Å². The number of benzene rings is 2. The molecule has 1 N–H and O–H groups in total. The van der Waals surface area contributed by atoms with Crippen LogP contribution in [0.2, 0.25) is 5.02 Å². The van der Waals surface area contributed by atoms with Crippen molar-refractivity contribution in [2.24, 2.45) is 0 Å². The van der Waals surface area contributed by atoms with Crippen LogP contribution in [0.5, 0.6) is 5.75 Å². The highest BCUT2D eigenvalue weighted by Crippen LogP contribution is 2.25. The van der Waals surface area contributed by atoms with E-state index < -0.39 is 15.7 Å². The van der Waals surface area contributed by atoms with Gasteiger partial charge in [-0.2, -0.15) is 5.26 Å². The second kappa shape index (κ2) is 7.34. The molecule has 2 aromatic rings. The van der Waals surface area contributed by atoms with Gasteiger partial charge in [-0.15, -0.1) is 0 Å². The zero-order chi connectivity index (χ0) is 17.7. The van der Waals surface area contributed by atoms with E-state index in [0.29, 0.717) is 11.3 Å². The Morgan fingerprint density at radius 3 is 2.67 bits per heavy atom. The molecule has 0 aliphatic heterocycles. The van der Waals surface area contributed by atoms with Crippen molar-refractivity contribution in [3.63, 3.8) is 0 Å². The number of nitrogens with one attached hydrogen (secondary N) is 1. The van der Waals surface area contributed by atoms with E-state index in [4.69, 9.17) is 21.6 Å². The Morgan fingerprint density at radius 1 is 1.29 bits per heavy atom. The van der Waals surface area contributed by atoms with Crippen LogP contribution in [0, 0.1) is 11.3 Å². The Kier molecular flexibility index (Phi) is 5.44. The van der Waals surface area contributed by atoms with Gasteiger partial charge in [0.05, 0.1) is 21.6 Å². The summed E-state index contributed by atoms with van der Waals surface area (Å²) in [6, 6.07) is 12.3. The van der Waals surface area contributed by atoms with E-state index in [1.165, 1.54) is 36.4 Å². The minimum absolute atomic E-state index is 0.108. The van der Waals surface area contributed by atoms with Gasteiger partial charge in [0.1, 0.15) is 5.75 Å². The van der Waals surface area contributed by atoms with Crippen LogP contribution in [0.3, 0.4) is 0 Å². The van der Waals surface area contributed by atoms with Crippen molar-refractivity contribution in [2.75, 3.05) is 18.2 Å². The van der Waals surface area contributed by atoms with Crippen molar-refractivity contribution in [1.29, 1.82) is 5.26 Å². The number of halogens is 1. The fourth-order valence-electron chi connectivity index (χ4n) is 1.83. The molecule has 0 bridgehead atoms. The highest BCUT2D eigenvalue weighted by atomic mass is 35.5. The van der Waals surface area contributed by atoms with Gasteiger partial charge in [-0.1, -0.05) is 17.7 Å². The molecule has 0 radical (unpaired) electrons. The van der Waals surface area contributed by atoms with Crippen molar-refractivity contribution >= 4 is 33.0 Å². The Hall–Kier alpha value is -2.56. The number of hydrogen-bond donors (Lipinski definition) is 1. The van der Waals surface area contributed by atoms with E-state index in [2.05, 4.69) is 5.32 Å². The molecule has 6 nitrogen and oxygen atoms in total. The molecule has 0 saturated carbocycles. The molecule has 0 atom stereocenters. The molecule has 0 aromatic heterocycles. The number of amides is 1. The van der Waals surface area contributed by atoms with Crippen molar-refractivity contribution in [1.82, 2.24) is 0 Å². The third kappa shape index (κ3) is 4.72. The molecule has 124 valence electrons. The van der Waals surface area contributed by atoms with Gasteiger partial charge >= 0.3 is 0 Å². The van der Waals surface area contributed by atoms with Crippen LogP contribution in [0.1, 0.15) is 5.56 Å². The molecule has 0 fully saturated rings. The standard InChI is InChI=1S/C16H13ClN2O4S/c1-24(21,22)13-4-2-3-12(8-13)19-16(20)10-23-15-6-5-11(9-18)7-14(15)17/h2-8H,10H2,1H3,(H,19,20). The average molecular weight is 365 g/mol. The van der Waals surface area contributed by atoms with Gasteiger partial charge in [-0.25, -0.2) is 8.42 Å². The number of rotatable bonds is 5. The summed E-state index contributed by atoms with van der Waals surface area (Å²) in [4.78, 5) is 12.0. The first kappa shape index (κ1) is 17.8. The van der Waals surface area contributed by atoms with Gasteiger partial charge in [0, 0.05) is 11.9 Å². The highest BCUT2D eigenvalue weighted by Gasteiger charge is 2.10. The zero-order valence-electron chi connectivity index (χ0n) is 12.6. The van der Waals surface area contributed by atoms with Crippen molar-refractivity contribution in [3.8, 4) is 11.8 Å². The predicted molar refractivity (Wildman–Crippen MR) is 89.8 cm³/mol. The Bertz CT molecular complexity index is 920. The molecule has 0 heterocycles. The lowest BCUT2D eigenvalue weighted by Crippen LogP contribution is -2.20. The summed E-state index contributed by atoms with van der Waals surface area (Å²) < 4.78 is 28.3. The van der Waals surface area contributed by atoms with Gasteiger partial charge in [0.15, 0.2) is 16.4 Å². The van der Waals surface area contributed by atoms with E-state index in [1.54, 1.807) is 6.07 Å². The number of hydrogen-bond acceptors (Lipinski definition) is 5. The summed E-state index contributed by atoms with van der Waals surface area (Å²) in [7, 11) is -3.35. The summed E-state index contributed by atoms with van der Waals surface area (Å²) in [6.45, 7) is -0.311. The fraction of sp³-hybridized carbons (Fsp3) is 0.125. The largest absolute Gasteiger partial charge is 0.482 e. The van der Waals surface area contributed by atoms with Gasteiger partial charge in [-0.05, 0) is 36.4 Å². The third-order valence-electron chi connectivity index (χ3n) is 2.97. The molecule has 24 heavy (non-hydrogen) atoms. The second-order valence-electron chi connectivity index (χ2n) is 4.89. The van der Waals surface area contributed by atoms with E-state index in [0.717, 1.165) is 6.26 Å². The SMILES string of the molecule is CS(=O)(=O)c1cccc(NC(=O)COc2ccc(C#N)cc2Cl)c1. The number of nitriles is 1. The molecule has 2 aromatic carbocycles. The predicted octanol–water partition coefficient (Wildman–Crippen LogP) is 2.63. The summed E-state index contributed by atoms with van der Waals surface area (Å²) in [5.41, 5.74) is 0.729. The number of nitrogens with zero attached hydrogens (tertiary/aromatic N) is 1. The minimum atomic E-state index is -3.35. The molecular formula is C16H13ClN2O4S. The topological polar surface area (TPSA) is 96.3 Å². The smallest absolute Gasteiger partial charge is 0.262 e. The Balaban J connectivity index is 2.01. The van der Waals surface area contributed by atoms with Gasteiger partial charge < -0.3 is 10.1 Å². The summed E-state index contributed by atoms with van der Waals surface area (Å²) >= 11 is 5.95. The number of ether oxygens (including phenoxy) is 1. The molecule has 0 saturated heterocycles. The van der Waals surface area contributed by atoms with Crippen molar-refractivity contribution in [2.45, 2.75) is 4.90 Å². The van der Waals surface area contributed by atoms with E-state index >= 15 is 0 Å². The monoisotopic (exact) mass is 364 g/mol. The maximum Gasteiger partial charge on any atom is 0.262 e. The van der Waals surface area contributed by atoms with Crippen LogP contribution in [-0.4, -0.2) is 27.2 Å². The number of carbonyl (C=O) groups is 1. The quantitative estimate of drug-likeness (QED) is 0.879.